The van der Waals surface area contributed by atoms with E-state index in [1.807, 2.05) is 44.2 Å². The smallest absolute Gasteiger partial charge is 0.256 e. The van der Waals surface area contributed by atoms with Gasteiger partial charge in [0.1, 0.15) is 5.15 Å². The van der Waals surface area contributed by atoms with Gasteiger partial charge in [0.2, 0.25) is 0 Å². The van der Waals surface area contributed by atoms with Gasteiger partial charge in [-0.2, -0.15) is 5.10 Å². The van der Waals surface area contributed by atoms with Crippen LogP contribution in [0.1, 0.15) is 58.5 Å². The van der Waals surface area contributed by atoms with E-state index in [9.17, 15) is 4.79 Å². The van der Waals surface area contributed by atoms with Gasteiger partial charge < -0.3 is 5.32 Å². The fourth-order valence-corrected chi connectivity index (χ4v) is 4.23. The molecular formula is C23H24ClN3O. The van der Waals surface area contributed by atoms with Gasteiger partial charge in [-0.25, -0.2) is 4.68 Å². The van der Waals surface area contributed by atoms with Crippen LogP contribution in [-0.4, -0.2) is 15.7 Å². The number of benzene rings is 2. The molecule has 3 aromatic rings. The van der Waals surface area contributed by atoms with Crippen molar-refractivity contribution in [2.75, 3.05) is 0 Å². The Labute approximate surface area is 170 Å². The first-order chi connectivity index (χ1) is 13.5. The van der Waals surface area contributed by atoms with Crippen LogP contribution in [0.15, 0.2) is 48.5 Å². The van der Waals surface area contributed by atoms with Crippen LogP contribution < -0.4 is 5.32 Å². The zero-order valence-corrected chi connectivity index (χ0v) is 17.0. The van der Waals surface area contributed by atoms with Crippen molar-refractivity contribution >= 4 is 17.5 Å². The monoisotopic (exact) mass is 393 g/mol. The minimum atomic E-state index is -0.199. The predicted octanol–water partition coefficient (Wildman–Crippen LogP) is 5.20. The SMILES string of the molecule is Cc1nn(-c2ccccc2)c(Cl)c1C(=O)NC(C)c1ccc2c(c1)CCCC2. The predicted molar refractivity (Wildman–Crippen MR) is 112 cm³/mol. The van der Waals surface area contributed by atoms with E-state index in [-0.39, 0.29) is 11.9 Å². The molecular weight excluding hydrogens is 370 g/mol. The minimum Gasteiger partial charge on any atom is -0.345 e. The first-order valence-corrected chi connectivity index (χ1v) is 10.2. The Morgan fingerprint density at radius 1 is 1.11 bits per heavy atom. The molecule has 0 fully saturated rings. The summed E-state index contributed by atoms with van der Waals surface area (Å²) in [4.78, 5) is 13.0. The van der Waals surface area contributed by atoms with Crippen molar-refractivity contribution in [3.8, 4) is 5.69 Å². The number of carbonyl (C=O) groups excluding carboxylic acids is 1. The van der Waals surface area contributed by atoms with Crippen molar-refractivity contribution < 1.29 is 4.79 Å². The van der Waals surface area contributed by atoms with Crippen LogP contribution in [0.2, 0.25) is 5.15 Å². The molecule has 4 rings (SSSR count). The zero-order valence-electron chi connectivity index (χ0n) is 16.2. The Morgan fingerprint density at radius 3 is 2.57 bits per heavy atom. The third kappa shape index (κ3) is 3.57. The van der Waals surface area contributed by atoms with E-state index in [2.05, 4.69) is 28.6 Å². The number of hydrogen-bond donors (Lipinski definition) is 1. The molecule has 4 nitrogen and oxygen atoms in total. The summed E-state index contributed by atoms with van der Waals surface area (Å²) in [6.45, 7) is 3.82. The minimum absolute atomic E-state index is 0.102. The lowest BCUT2D eigenvalue weighted by Gasteiger charge is -2.20. The first-order valence-electron chi connectivity index (χ1n) is 9.77. The van der Waals surface area contributed by atoms with Gasteiger partial charge in [-0.15, -0.1) is 0 Å². The number of carbonyl (C=O) groups is 1. The normalized spacial score (nSPS) is 14.4. The second-order valence-corrected chi connectivity index (χ2v) is 7.79. The molecule has 1 N–H and O–H groups in total. The van der Waals surface area contributed by atoms with Crippen molar-refractivity contribution in [2.45, 2.75) is 45.6 Å². The molecule has 1 heterocycles. The van der Waals surface area contributed by atoms with Crippen LogP contribution >= 0.6 is 11.6 Å². The van der Waals surface area contributed by atoms with Gasteiger partial charge in [0, 0.05) is 0 Å². The summed E-state index contributed by atoms with van der Waals surface area (Å²) in [5.41, 5.74) is 5.85. The Morgan fingerprint density at radius 2 is 1.82 bits per heavy atom. The van der Waals surface area contributed by atoms with Crippen molar-refractivity contribution in [3.05, 3.63) is 81.6 Å². The van der Waals surface area contributed by atoms with Gasteiger partial charge in [0.15, 0.2) is 0 Å². The van der Waals surface area contributed by atoms with Gasteiger partial charge in [-0.05, 0) is 68.4 Å². The maximum Gasteiger partial charge on any atom is 0.256 e. The van der Waals surface area contributed by atoms with Gasteiger partial charge in [-0.1, -0.05) is 48.0 Å². The number of nitrogens with zero attached hydrogens (tertiary/aromatic N) is 2. The lowest BCUT2D eigenvalue weighted by atomic mass is 9.89. The van der Waals surface area contributed by atoms with E-state index in [0.29, 0.717) is 16.4 Å². The van der Waals surface area contributed by atoms with Crippen LogP contribution in [0, 0.1) is 6.92 Å². The topological polar surface area (TPSA) is 46.9 Å². The molecule has 1 aliphatic rings. The summed E-state index contributed by atoms with van der Waals surface area (Å²) in [5, 5.41) is 7.88. The van der Waals surface area contributed by atoms with E-state index in [0.717, 1.165) is 24.1 Å². The average Bonchev–Trinajstić information content (AvgIpc) is 3.02. The highest BCUT2D eigenvalue weighted by molar-refractivity contribution is 6.33. The summed E-state index contributed by atoms with van der Waals surface area (Å²) in [6, 6.07) is 16.1. The lowest BCUT2D eigenvalue weighted by Crippen LogP contribution is -2.27. The Bertz CT molecular complexity index is 1010. The largest absolute Gasteiger partial charge is 0.345 e. The molecule has 5 heteroatoms. The summed E-state index contributed by atoms with van der Waals surface area (Å²) in [6.07, 6.45) is 4.79. The fraction of sp³-hybridized carbons (Fsp3) is 0.304. The molecule has 0 radical (unpaired) electrons. The summed E-state index contributed by atoms with van der Waals surface area (Å²) in [5.74, 6) is -0.199. The van der Waals surface area contributed by atoms with Crippen molar-refractivity contribution in [2.24, 2.45) is 0 Å². The molecule has 0 bridgehead atoms. The molecule has 2 aromatic carbocycles. The number of aromatic nitrogens is 2. The fourth-order valence-electron chi connectivity index (χ4n) is 3.87. The zero-order chi connectivity index (χ0) is 19.7. The highest BCUT2D eigenvalue weighted by atomic mass is 35.5. The van der Waals surface area contributed by atoms with Crippen LogP contribution in [0.5, 0.6) is 0 Å². The van der Waals surface area contributed by atoms with E-state index in [4.69, 9.17) is 11.6 Å². The number of nitrogens with one attached hydrogen (secondary N) is 1. The van der Waals surface area contributed by atoms with Gasteiger partial charge in [0.25, 0.3) is 5.91 Å². The molecule has 144 valence electrons. The highest BCUT2D eigenvalue weighted by Gasteiger charge is 2.23. The highest BCUT2D eigenvalue weighted by Crippen LogP contribution is 2.27. The van der Waals surface area contributed by atoms with Crippen LogP contribution in [0.4, 0.5) is 0 Å². The van der Waals surface area contributed by atoms with Crippen LogP contribution in [0.3, 0.4) is 0 Å². The number of hydrogen-bond acceptors (Lipinski definition) is 2. The van der Waals surface area contributed by atoms with Gasteiger partial charge in [0.05, 0.1) is 23.0 Å². The molecule has 0 aliphatic heterocycles. The van der Waals surface area contributed by atoms with Crippen molar-refractivity contribution in [3.63, 3.8) is 0 Å². The molecule has 1 amide bonds. The quantitative estimate of drug-likeness (QED) is 0.661. The van der Waals surface area contributed by atoms with Gasteiger partial charge >= 0.3 is 0 Å². The third-order valence-corrected chi connectivity index (χ3v) is 5.80. The van der Waals surface area contributed by atoms with E-state index >= 15 is 0 Å². The lowest BCUT2D eigenvalue weighted by molar-refractivity contribution is 0.0939. The number of fused-ring (bicyclic) bond motifs is 1. The van der Waals surface area contributed by atoms with Crippen LogP contribution in [0.25, 0.3) is 5.69 Å². The molecule has 28 heavy (non-hydrogen) atoms. The first kappa shape index (κ1) is 18.8. The molecule has 1 aliphatic carbocycles. The second kappa shape index (κ2) is 7.80. The Hall–Kier alpha value is -2.59. The maximum absolute atomic E-state index is 13.0. The number of aryl methyl sites for hydroxylation is 3. The van der Waals surface area contributed by atoms with E-state index in [1.165, 1.54) is 24.0 Å². The van der Waals surface area contributed by atoms with Crippen LogP contribution in [-0.2, 0) is 12.8 Å². The number of amides is 1. The number of halogens is 1. The summed E-state index contributed by atoms with van der Waals surface area (Å²) in [7, 11) is 0. The van der Waals surface area contributed by atoms with Crippen molar-refractivity contribution in [1.82, 2.24) is 15.1 Å². The molecule has 1 atom stereocenters. The molecule has 0 spiro atoms. The maximum atomic E-state index is 13.0. The summed E-state index contributed by atoms with van der Waals surface area (Å²) >= 11 is 6.52. The summed E-state index contributed by atoms with van der Waals surface area (Å²) < 4.78 is 1.61. The average molecular weight is 394 g/mol. The number of para-hydroxylation sites is 1. The second-order valence-electron chi connectivity index (χ2n) is 7.43. The van der Waals surface area contributed by atoms with E-state index in [1.54, 1.807) is 4.68 Å². The Balaban J connectivity index is 1.56. The Kier molecular flexibility index (Phi) is 5.23. The molecule has 0 saturated heterocycles. The standard InChI is InChI=1S/C23H24ClN3O/c1-15(18-13-12-17-8-6-7-9-19(17)14-18)25-23(28)21-16(2)26-27(22(21)24)20-10-4-3-5-11-20/h3-5,10-15H,6-9H2,1-2H3,(H,25,28). The van der Waals surface area contributed by atoms with Crippen molar-refractivity contribution in [1.29, 1.82) is 0 Å². The van der Waals surface area contributed by atoms with Gasteiger partial charge in [-0.3, -0.25) is 4.79 Å². The third-order valence-electron chi connectivity index (χ3n) is 5.45. The van der Waals surface area contributed by atoms with E-state index < -0.39 is 0 Å². The molecule has 1 aromatic heterocycles. The molecule has 1 unspecified atom stereocenters. The molecule has 0 saturated carbocycles. The number of rotatable bonds is 4.